The zero-order valence-corrected chi connectivity index (χ0v) is 27.2. The van der Waals surface area contributed by atoms with Gasteiger partial charge in [-0.15, -0.1) is 0 Å². The largest absolute Gasteiger partial charge is 0.550 e. The monoisotopic (exact) mass is 689 g/mol. The molecule has 0 saturated carbocycles. The van der Waals surface area contributed by atoms with Crippen LogP contribution in [-0.2, 0) is 25.2 Å². The summed E-state index contributed by atoms with van der Waals surface area (Å²) >= 11 is 0. The molecule has 0 aliphatic heterocycles. The van der Waals surface area contributed by atoms with Gasteiger partial charge in [0, 0.05) is 26.4 Å². The summed E-state index contributed by atoms with van der Waals surface area (Å²) in [6.07, 6.45) is 0. The zero-order chi connectivity index (χ0) is 29.4. The average Bonchev–Trinajstić information content (AvgIpc) is 3.05. The second-order valence-corrected chi connectivity index (χ2v) is 13.6. The summed E-state index contributed by atoms with van der Waals surface area (Å²) < 4.78 is 0. The number of carboxylic acids is 1. The molecule has 5 heteroatoms. The van der Waals surface area contributed by atoms with E-state index < -0.39 is 21.8 Å². The van der Waals surface area contributed by atoms with Crippen LogP contribution in [-0.4, -0.2) is 5.97 Å². The SMILES string of the molecule is CC(=O)[O-].[Pd].c1ccc(P(c2ccccc2)c2ccccc2)cc1.c1ccc(P(c2ccccc2)c2ccccc2)cc1. The molecule has 0 fully saturated rings. The van der Waals surface area contributed by atoms with E-state index in [0.29, 0.717) is 0 Å². The second-order valence-electron chi connectivity index (χ2n) is 9.18. The maximum atomic E-state index is 8.89. The molecule has 0 aliphatic rings. The fourth-order valence-electron chi connectivity index (χ4n) is 4.36. The van der Waals surface area contributed by atoms with Crippen LogP contribution in [0.5, 0.6) is 0 Å². The van der Waals surface area contributed by atoms with Gasteiger partial charge in [0.05, 0.1) is 0 Å². The van der Waals surface area contributed by atoms with Crippen molar-refractivity contribution in [1.82, 2.24) is 0 Å². The molecular formula is C38H33O2P2Pd-. The first-order valence-corrected chi connectivity index (χ1v) is 16.4. The molecule has 2 nitrogen and oxygen atoms in total. The number of carbonyl (C=O) groups excluding carboxylic acids is 1. The molecule has 0 saturated heterocycles. The van der Waals surface area contributed by atoms with Gasteiger partial charge in [0.2, 0.25) is 0 Å². The molecule has 0 atom stereocenters. The van der Waals surface area contributed by atoms with Crippen LogP contribution in [0.1, 0.15) is 6.92 Å². The number of aliphatic carboxylic acids is 1. The zero-order valence-electron chi connectivity index (χ0n) is 23.8. The molecular weight excluding hydrogens is 657 g/mol. The summed E-state index contributed by atoms with van der Waals surface area (Å²) in [6.45, 7) is 0.972. The molecule has 0 N–H and O–H groups in total. The molecule has 0 spiro atoms. The normalized spacial score (nSPS) is 9.93. The Morgan fingerprint density at radius 1 is 0.372 bits per heavy atom. The molecule has 0 aliphatic carbocycles. The van der Waals surface area contributed by atoms with Crippen molar-refractivity contribution in [2.24, 2.45) is 0 Å². The van der Waals surface area contributed by atoms with Crippen molar-refractivity contribution < 1.29 is 30.3 Å². The van der Waals surface area contributed by atoms with Crippen molar-refractivity contribution in [2.75, 3.05) is 0 Å². The summed E-state index contributed by atoms with van der Waals surface area (Å²) in [5.74, 6) is -1.08. The van der Waals surface area contributed by atoms with Crippen molar-refractivity contribution in [2.45, 2.75) is 6.92 Å². The number of hydrogen-bond donors (Lipinski definition) is 0. The van der Waals surface area contributed by atoms with Gasteiger partial charge in [0.1, 0.15) is 0 Å². The molecule has 6 rings (SSSR count). The van der Waals surface area contributed by atoms with Gasteiger partial charge >= 0.3 is 0 Å². The first kappa shape index (κ1) is 33.8. The van der Waals surface area contributed by atoms with Gasteiger partial charge in [0.15, 0.2) is 0 Å². The van der Waals surface area contributed by atoms with E-state index in [4.69, 9.17) is 9.90 Å². The topological polar surface area (TPSA) is 40.1 Å². The summed E-state index contributed by atoms with van der Waals surface area (Å²) in [4.78, 5) is 8.89. The smallest absolute Gasteiger partial charge is 0.0383 e. The van der Waals surface area contributed by atoms with Gasteiger partial charge in [-0.25, -0.2) is 0 Å². The van der Waals surface area contributed by atoms with E-state index in [9.17, 15) is 0 Å². The fourth-order valence-corrected chi connectivity index (χ4v) is 8.97. The minimum Gasteiger partial charge on any atom is -0.550 e. The Labute approximate surface area is 271 Å². The molecule has 218 valence electrons. The van der Waals surface area contributed by atoms with E-state index in [0.717, 1.165) is 6.92 Å². The number of carbonyl (C=O) groups is 1. The first-order chi connectivity index (χ1) is 20.6. The third-order valence-electron chi connectivity index (χ3n) is 6.09. The van der Waals surface area contributed by atoms with Gasteiger partial charge in [0.25, 0.3) is 0 Å². The Kier molecular flexibility index (Phi) is 14.8. The number of hydrogen-bond acceptors (Lipinski definition) is 2. The average molecular weight is 690 g/mol. The maximum absolute atomic E-state index is 8.89. The molecule has 43 heavy (non-hydrogen) atoms. The molecule has 0 amide bonds. The summed E-state index contributed by atoms with van der Waals surface area (Å²) in [6, 6.07) is 64.7. The van der Waals surface area contributed by atoms with Crippen molar-refractivity contribution in [1.29, 1.82) is 0 Å². The molecule has 6 aromatic rings. The van der Waals surface area contributed by atoms with Crippen LogP contribution in [0.15, 0.2) is 182 Å². The van der Waals surface area contributed by atoms with Gasteiger partial charge in [-0.1, -0.05) is 182 Å². The van der Waals surface area contributed by atoms with Crippen LogP contribution in [0.3, 0.4) is 0 Å². The van der Waals surface area contributed by atoms with Crippen LogP contribution in [0, 0.1) is 0 Å². The van der Waals surface area contributed by atoms with Crippen molar-refractivity contribution in [3.63, 3.8) is 0 Å². The minimum atomic E-state index is -1.08. The van der Waals surface area contributed by atoms with Crippen LogP contribution < -0.4 is 36.9 Å². The predicted octanol–water partition coefficient (Wildman–Crippen LogP) is 5.64. The van der Waals surface area contributed by atoms with Crippen LogP contribution in [0.4, 0.5) is 0 Å². The number of rotatable bonds is 6. The van der Waals surface area contributed by atoms with E-state index in [2.05, 4.69) is 182 Å². The van der Waals surface area contributed by atoms with Crippen molar-refractivity contribution >= 4 is 53.6 Å². The molecule has 0 aromatic heterocycles. The Morgan fingerprint density at radius 2 is 0.488 bits per heavy atom. The van der Waals surface area contributed by atoms with E-state index >= 15 is 0 Å². The van der Waals surface area contributed by atoms with Gasteiger partial charge < -0.3 is 9.90 Å². The molecule has 6 aromatic carbocycles. The third-order valence-corrected chi connectivity index (χ3v) is 11.0. The van der Waals surface area contributed by atoms with E-state index in [1.807, 2.05) is 0 Å². The van der Waals surface area contributed by atoms with E-state index in [-0.39, 0.29) is 20.4 Å². The molecule has 0 bridgehead atoms. The van der Waals surface area contributed by atoms with Crippen molar-refractivity contribution in [3.05, 3.63) is 182 Å². The second kappa shape index (κ2) is 18.8. The Morgan fingerprint density at radius 3 is 0.605 bits per heavy atom. The van der Waals surface area contributed by atoms with Crippen LogP contribution in [0.25, 0.3) is 0 Å². The maximum Gasteiger partial charge on any atom is 0.0383 e. The fraction of sp³-hybridized carbons (Fsp3) is 0.0263. The van der Waals surface area contributed by atoms with Gasteiger partial charge in [-0.3, -0.25) is 0 Å². The van der Waals surface area contributed by atoms with E-state index in [1.165, 1.54) is 31.8 Å². The number of carboxylic acid groups (broad SMARTS) is 1. The third kappa shape index (κ3) is 10.8. The molecule has 0 unspecified atom stereocenters. The first-order valence-electron chi connectivity index (χ1n) is 13.7. The minimum absolute atomic E-state index is 0. The summed E-state index contributed by atoms with van der Waals surface area (Å²) in [7, 11) is -0.892. The quantitative estimate of drug-likeness (QED) is 0.168. The molecule has 0 heterocycles. The Hall–Kier alpha value is -3.69. The van der Waals surface area contributed by atoms with Gasteiger partial charge in [-0.05, 0) is 54.6 Å². The van der Waals surface area contributed by atoms with E-state index in [1.54, 1.807) is 0 Å². The predicted molar refractivity (Wildman–Crippen MR) is 181 cm³/mol. The van der Waals surface area contributed by atoms with Crippen molar-refractivity contribution in [3.8, 4) is 0 Å². The molecule has 0 radical (unpaired) electrons. The Balaban J connectivity index is 0.000000206. The van der Waals surface area contributed by atoms with Gasteiger partial charge in [-0.2, -0.15) is 0 Å². The van der Waals surface area contributed by atoms with Crippen LogP contribution in [0.2, 0.25) is 0 Å². The van der Waals surface area contributed by atoms with Crippen LogP contribution >= 0.6 is 15.8 Å². The summed E-state index contributed by atoms with van der Waals surface area (Å²) in [5, 5.41) is 17.3. The standard InChI is InChI=1S/2C18H15P.C2H4O2.Pd/c2*1-4-10-16(11-5-1)19(17-12-6-2-7-13-17)18-14-8-3-9-15-18;1-2(3)4;/h2*1-15H;1H3,(H,3,4);/p-1. The Bertz CT molecular complexity index is 1280. The summed E-state index contributed by atoms with van der Waals surface area (Å²) in [5.41, 5.74) is 0. The number of benzene rings is 6.